The van der Waals surface area contributed by atoms with Gasteiger partial charge in [-0.05, 0) is 108 Å². The van der Waals surface area contributed by atoms with Crippen molar-refractivity contribution in [1.82, 2.24) is 0 Å². The van der Waals surface area contributed by atoms with E-state index in [1.807, 2.05) is 48.5 Å². The monoisotopic (exact) mass is 454 g/mol. The van der Waals surface area contributed by atoms with Crippen molar-refractivity contribution >= 4 is 0 Å². The first-order valence-corrected chi connectivity index (χ1v) is 11.6. The minimum atomic E-state index is 0.253. The molecule has 0 unspecified atom stereocenters. The summed E-state index contributed by atoms with van der Waals surface area (Å²) in [6.45, 7) is 0. The molecule has 0 aliphatic heterocycles. The van der Waals surface area contributed by atoms with E-state index >= 15 is 0 Å². The highest BCUT2D eigenvalue weighted by Crippen LogP contribution is 2.30. The maximum Gasteiger partial charge on any atom is 0.115 e. The van der Waals surface area contributed by atoms with Gasteiger partial charge in [0, 0.05) is 0 Å². The Kier molecular flexibility index (Phi) is 7.38. The minimum Gasteiger partial charge on any atom is -0.508 e. The molecule has 4 rings (SSSR count). The second kappa shape index (κ2) is 10.8. The summed E-state index contributed by atoms with van der Waals surface area (Å²) in [6, 6.07) is 29.5. The Hall–Kier alpha value is -3.92. The zero-order chi connectivity index (χ0) is 23.9. The maximum atomic E-state index is 9.73. The third-order valence-electron chi connectivity index (χ3n) is 6.40. The number of benzene rings is 4. The summed E-state index contributed by atoms with van der Waals surface area (Å²) in [7, 11) is 0. The Bertz CT molecular complexity index is 973. The van der Waals surface area contributed by atoms with Gasteiger partial charge in [0.1, 0.15) is 23.0 Å². The molecule has 0 heterocycles. The van der Waals surface area contributed by atoms with Crippen LogP contribution in [0.3, 0.4) is 0 Å². The van der Waals surface area contributed by atoms with Crippen LogP contribution in [0.25, 0.3) is 0 Å². The van der Waals surface area contributed by atoms with Crippen molar-refractivity contribution in [3.05, 3.63) is 119 Å². The van der Waals surface area contributed by atoms with E-state index in [9.17, 15) is 20.4 Å². The SMILES string of the molecule is Oc1ccc(CC(Cc2ccc(O)cc2)C(Cc2ccc(O)cc2)Cc2ccc(O)cc2)cc1. The van der Waals surface area contributed by atoms with Crippen LogP contribution >= 0.6 is 0 Å². The van der Waals surface area contributed by atoms with Crippen molar-refractivity contribution in [2.75, 3.05) is 0 Å². The van der Waals surface area contributed by atoms with Crippen molar-refractivity contribution in [3.63, 3.8) is 0 Å². The van der Waals surface area contributed by atoms with Gasteiger partial charge in [0.05, 0.1) is 0 Å². The van der Waals surface area contributed by atoms with E-state index in [1.54, 1.807) is 48.5 Å². The van der Waals surface area contributed by atoms with Gasteiger partial charge in [-0.1, -0.05) is 48.5 Å². The number of aromatic hydroxyl groups is 4. The summed E-state index contributed by atoms with van der Waals surface area (Å²) >= 11 is 0. The fraction of sp³-hybridized carbons (Fsp3) is 0.200. The summed E-state index contributed by atoms with van der Waals surface area (Å²) < 4.78 is 0. The zero-order valence-corrected chi connectivity index (χ0v) is 19.0. The molecule has 0 aliphatic carbocycles. The van der Waals surface area contributed by atoms with E-state index < -0.39 is 0 Å². The van der Waals surface area contributed by atoms with Crippen molar-refractivity contribution in [3.8, 4) is 23.0 Å². The third-order valence-corrected chi connectivity index (χ3v) is 6.40. The van der Waals surface area contributed by atoms with Gasteiger partial charge in [0.2, 0.25) is 0 Å². The van der Waals surface area contributed by atoms with Gasteiger partial charge < -0.3 is 20.4 Å². The van der Waals surface area contributed by atoms with Crippen LogP contribution in [-0.2, 0) is 25.7 Å². The van der Waals surface area contributed by atoms with Crippen LogP contribution in [0.5, 0.6) is 23.0 Å². The predicted octanol–water partition coefficient (Wildman–Crippen LogP) is 6.01. The van der Waals surface area contributed by atoms with E-state index in [2.05, 4.69) is 0 Å². The second-order valence-electron chi connectivity index (χ2n) is 9.00. The zero-order valence-electron chi connectivity index (χ0n) is 19.0. The van der Waals surface area contributed by atoms with Crippen molar-refractivity contribution in [2.45, 2.75) is 25.7 Å². The normalized spacial score (nSPS) is 11.2. The van der Waals surface area contributed by atoms with Crippen LogP contribution in [0.2, 0.25) is 0 Å². The highest BCUT2D eigenvalue weighted by atomic mass is 16.3. The molecule has 0 aromatic heterocycles. The maximum absolute atomic E-state index is 9.73. The lowest BCUT2D eigenvalue weighted by Crippen LogP contribution is -2.24. The predicted molar refractivity (Wildman–Crippen MR) is 134 cm³/mol. The average molecular weight is 455 g/mol. The smallest absolute Gasteiger partial charge is 0.115 e. The van der Waals surface area contributed by atoms with Crippen LogP contribution in [-0.4, -0.2) is 20.4 Å². The molecule has 0 bridgehead atoms. The number of hydrogen-bond acceptors (Lipinski definition) is 4. The summed E-state index contributed by atoms with van der Waals surface area (Å²) in [5.41, 5.74) is 4.62. The van der Waals surface area contributed by atoms with Gasteiger partial charge in [-0.3, -0.25) is 0 Å². The fourth-order valence-corrected chi connectivity index (χ4v) is 4.55. The molecule has 4 heteroatoms. The van der Waals surface area contributed by atoms with E-state index in [4.69, 9.17) is 0 Å². The Labute approximate surface area is 200 Å². The molecular formula is C30H30O4. The van der Waals surface area contributed by atoms with Gasteiger partial charge in [-0.2, -0.15) is 0 Å². The molecule has 0 aliphatic rings. The van der Waals surface area contributed by atoms with Crippen LogP contribution in [0.4, 0.5) is 0 Å². The van der Waals surface area contributed by atoms with Gasteiger partial charge in [-0.15, -0.1) is 0 Å². The average Bonchev–Trinajstić information content (AvgIpc) is 2.84. The molecule has 4 aromatic rings. The summed E-state index contributed by atoms with van der Waals surface area (Å²) in [4.78, 5) is 0. The summed E-state index contributed by atoms with van der Waals surface area (Å²) in [6.07, 6.45) is 3.34. The molecule has 0 fully saturated rings. The molecule has 34 heavy (non-hydrogen) atoms. The van der Waals surface area contributed by atoms with E-state index in [0.717, 1.165) is 47.9 Å². The van der Waals surface area contributed by atoms with Crippen LogP contribution in [0, 0.1) is 11.8 Å². The van der Waals surface area contributed by atoms with E-state index in [1.165, 1.54) is 0 Å². The Balaban J connectivity index is 1.67. The van der Waals surface area contributed by atoms with Gasteiger partial charge in [0.15, 0.2) is 0 Å². The molecule has 0 amide bonds. The van der Waals surface area contributed by atoms with E-state index in [0.29, 0.717) is 0 Å². The summed E-state index contributed by atoms with van der Waals surface area (Å²) in [5, 5.41) is 38.9. The molecule has 0 atom stereocenters. The lowest BCUT2D eigenvalue weighted by atomic mass is 9.76. The van der Waals surface area contributed by atoms with E-state index in [-0.39, 0.29) is 34.8 Å². The Morgan fingerprint density at radius 2 is 0.500 bits per heavy atom. The van der Waals surface area contributed by atoms with Crippen LogP contribution < -0.4 is 0 Å². The number of hydrogen-bond donors (Lipinski definition) is 4. The first kappa shape index (κ1) is 23.2. The fourth-order valence-electron chi connectivity index (χ4n) is 4.55. The number of phenols is 4. The molecule has 4 N–H and O–H groups in total. The number of rotatable bonds is 9. The largest absolute Gasteiger partial charge is 0.508 e. The Morgan fingerprint density at radius 1 is 0.324 bits per heavy atom. The quantitative estimate of drug-likeness (QED) is 0.250. The van der Waals surface area contributed by atoms with Gasteiger partial charge in [0.25, 0.3) is 0 Å². The highest BCUT2D eigenvalue weighted by Gasteiger charge is 2.24. The van der Waals surface area contributed by atoms with Crippen LogP contribution in [0.1, 0.15) is 22.3 Å². The molecule has 4 aromatic carbocycles. The Morgan fingerprint density at radius 3 is 0.676 bits per heavy atom. The first-order valence-electron chi connectivity index (χ1n) is 11.6. The third kappa shape index (κ3) is 6.55. The van der Waals surface area contributed by atoms with Gasteiger partial charge in [-0.25, -0.2) is 0 Å². The van der Waals surface area contributed by atoms with Gasteiger partial charge >= 0.3 is 0 Å². The first-order chi connectivity index (χ1) is 16.4. The highest BCUT2D eigenvalue weighted by molar-refractivity contribution is 5.31. The molecule has 0 spiro atoms. The molecule has 0 radical (unpaired) electrons. The van der Waals surface area contributed by atoms with Crippen molar-refractivity contribution in [1.29, 1.82) is 0 Å². The number of phenolic OH excluding ortho intramolecular Hbond substituents is 4. The molecule has 0 saturated carbocycles. The molecule has 174 valence electrons. The lowest BCUT2D eigenvalue weighted by Gasteiger charge is -2.28. The van der Waals surface area contributed by atoms with Crippen molar-refractivity contribution in [2.24, 2.45) is 11.8 Å². The molecule has 0 saturated heterocycles. The van der Waals surface area contributed by atoms with Crippen LogP contribution in [0.15, 0.2) is 97.1 Å². The lowest BCUT2D eigenvalue weighted by molar-refractivity contribution is 0.321. The molecular weight excluding hydrogens is 424 g/mol. The standard InChI is InChI=1S/C30H30O4/c31-27-9-1-21(2-10-27)17-25(18-22-3-11-28(32)12-4-22)26(19-23-5-13-29(33)14-6-23)20-24-7-15-30(34)16-8-24/h1-16,25-26,31-34H,17-20H2. The second-order valence-corrected chi connectivity index (χ2v) is 9.00. The minimum absolute atomic E-state index is 0.253. The summed E-state index contributed by atoms with van der Waals surface area (Å²) in [5.74, 6) is 1.56. The molecule has 4 nitrogen and oxygen atoms in total. The topological polar surface area (TPSA) is 80.9 Å². The van der Waals surface area contributed by atoms with Crippen molar-refractivity contribution < 1.29 is 20.4 Å².